The van der Waals surface area contributed by atoms with Crippen molar-refractivity contribution < 1.29 is 0 Å². The van der Waals surface area contributed by atoms with Gasteiger partial charge in [-0.3, -0.25) is 4.90 Å². The Morgan fingerprint density at radius 1 is 1.39 bits per heavy atom. The molecular weight excluding hydrogens is 292 g/mol. The predicted molar refractivity (Wildman–Crippen MR) is 75.7 cm³/mol. The van der Waals surface area contributed by atoms with E-state index in [2.05, 4.69) is 43.0 Å². The van der Waals surface area contributed by atoms with Crippen LogP contribution in [0, 0.1) is 0 Å². The fourth-order valence-electron chi connectivity index (χ4n) is 2.58. The molecule has 0 amide bonds. The summed E-state index contributed by atoms with van der Waals surface area (Å²) >= 11 is 3.45. The normalized spacial score (nSPS) is 24.4. The summed E-state index contributed by atoms with van der Waals surface area (Å²) in [6.45, 7) is 4.47. The number of aromatic nitrogens is 2. The molecule has 1 N–H and O–H groups in total. The minimum Gasteiger partial charge on any atom is -0.366 e. The lowest BCUT2D eigenvalue weighted by molar-refractivity contribution is 0.326. The van der Waals surface area contributed by atoms with E-state index in [1.807, 2.05) is 6.07 Å². The number of halogens is 1. The molecule has 18 heavy (non-hydrogen) atoms. The Morgan fingerprint density at radius 3 is 2.94 bits per heavy atom. The van der Waals surface area contributed by atoms with Crippen molar-refractivity contribution in [3.63, 3.8) is 0 Å². The summed E-state index contributed by atoms with van der Waals surface area (Å²) < 4.78 is 0.869. The van der Waals surface area contributed by atoms with Crippen molar-refractivity contribution in [1.29, 1.82) is 0 Å². The summed E-state index contributed by atoms with van der Waals surface area (Å²) in [6.07, 6.45) is 4.88. The molecule has 4 nitrogen and oxygen atoms in total. The number of anilines is 1. The van der Waals surface area contributed by atoms with Crippen LogP contribution < -0.4 is 5.32 Å². The van der Waals surface area contributed by atoms with Crippen molar-refractivity contribution in [3.05, 3.63) is 16.5 Å². The molecule has 1 aliphatic heterocycles. The molecule has 1 aromatic heterocycles. The van der Waals surface area contributed by atoms with Gasteiger partial charge in [-0.2, -0.15) is 0 Å². The summed E-state index contributed by atoms with van der Waals surface area (Å²) in [5, 5.41) is 3.55. The molecule has 2 fully saturated rings. The van der Waals surface area contributed by atoms with Gasteiger partial charge >= 0.3 is 0 Å². The Kier molecular flexibility index (Phi) is 3.52. The second-order valence-corrected chi connectivity index (χ2v) is 6.01. The largest absolute Gasteiger partial charge is 0.366 e. The van der Waals surface area contributed by atoms with Crippen LogP contribution in [0.25, 0.3) is 0 Å². The first-order valence-corrected chi connectivity index (χ1v) is 7.58. The topological polar surface area (TPSA) is 41.1 Å². The lowest BCUT2D eigenvalue weighted by Gasteiger charge is -2.16. The molecule has 1 unspecified atom stereocenters. The van der Waals surface area contributed by atoms with E-state index in [4.69, 9.17) is 0 Å². The standard InChI is InChI=1S/C13H19BrN4/c1-2-12-16-11(14)7-13(17-12)15-9-5-6-18(8-9)10-3-4-10/h7,9-10H,2-6,8H2,1H3,(H,15,16,17). The van der Waals surface area contributed by atoms with E-state index >= 15 is 0 Å². The molecule has 1 atom stereocenters. The van der Waals surface area contributed by atoms with Gasteiger partial charge in [0.05, 0.1) is 0 Å². The van der Waals surface area contributed by atoms with Gasteiger partial charge < -0.3 is 5.32 Å². The van der Waals surface area contributed by atoms with Gasteiger partial charge in [-0.1, -0.05) is 6.92 Å². The average Bonchev–Trinajstić information content (AvgIpc) is 3.10. The van der Waals surface area contributed by atoms with E-state index in [0.29, 0.717) is 6.04 Å². The molecule has 0 aromatic carbocycles. The summed E-state index contributed by atoms with van der Waals surface area (Å²) in [5.41, 5.74) is 0. The fourth-order valence-corrected chi connectivity index (χ4v) is 3.00. The first-order chi connectivity index (χ1) is 8.74. The van der Waals surface area contributed by atoms with Crippen LogP contribution in [0.3, 0.4) is 0 Å². The Bertz CT molecular complexity index is 433. The smallest absolute Gasteiger partial charge is 0.131 e. The number of rotatable bonds is 4. The molecule has 1 aromatic rings. The number of hydrogen-bond donors (Lipinski definition) is 1. The maximum atomic E-state index is 4.53. The first kappa shape index (κ1) is 12.4. The van der Waals surface area contributed by atoms with Gasteiger partial charge in [-0.15, -0.1) is 0 Å². The van der Waals surface area contributed by atoms with Gasteiger partial charge in [-0.25, -0.2) is 9.97 Å². The van der Waals surface area contributed by atoms with E-state index in [-0.39, 0.29) is 0 Å². The van der Waals surface area contributed by atoms with Crippen LogP contribution in [0.4, 0.5) is 5.82 Å². The molecule has 3 rings (SSSR count). The maximum Gasteiger partial charge on any atom is 0.131 e. The zero-order valence-corrected chi connectivity index (χ0v) is 12.3. The zero-order valence-electron chi connectivity index (χ0n) is 10.7. The molecule has 0 radical (unpaired) electrons. The highest BCUT2D eigenvalue weighted by atomic mass is 79.9. The third-order valence-electron chi connectivity index (χ3n) is 3.69. The highest BCUT2D eigenvalue weighted by Gasteiger charge is 2.34. The number of hydrogen-bond acceptors (Lipinski definition) is 4. The number of likely N-dealkylation sites (tertiary alicyclic amines) is 1. The fraction of sp³-hybridized carbons (Fsp3) is 0.692. The minimum absolute atomic E-state index is 0.539. The van der Waals surface area contributed by atoms with Gasteiger partial charge in [0.2, 0.25) is 0 Å². The van der Waals surface area contributed by atoms with Crippen molar-refractivity contribution in [2.24, 2.45) is 0 Å². The summed E-state index contributed by atoms with van der Waals surface area (Å²) in [4.78, 5) is 11.5. The minimum atomic E-state index is 0.539. The van der Waals surface area contributed by atoms with Crippen LogP contribution in [0.5, 0.6) is 0 Å². The van der Waals surface area contributed by atoms with Crippen LogP contribution in [0.15, 0.2) is 10.7 Å². The molecule has 2 aliphatic rings. The number of aryl methyl sites for hydroxylation is 1. The molecule has 1 saturated heterocycles. The third-order valence-corrected chi connectivity index (χ3v) is 4.10. The van der Waals surface area contributed by atoms with Crippen molar-refractivity contribution in [1.82, 2.24) is 14.9 Å². The number of nitrogens with one attached hydrogen (secondary N) is 1. The Morgan fingerprint density at radius 2 is 2.22 bits per heavy atom. The van der Waals surface area contributed by atoms with Crippen molar-refractivity contribution in [2.45, 2.75) is 44.7 Å². The number of nitrogens with zero attached hydrogens (tertiary/aromatic N) is 3. The molecular formula is C13H19BrN4. The van der Waals surface area contributed by atoms with Crippen LogP contribution in [0.2, 0.25) is 0 Å². The molecule has 0 spiro atoms. The summed E-state index contributed by atoms with van der Waals surface area (Å²) in [6, 6.07) is 3.39. The van der Waals surface area contributed by atoms with E-state index in [0.717, 1.165) is 35.3 Å². The molecule has 0 bridgehead atoms. The van der Waals surface area contributed by atoms with E-state index in [9.17, 15) is 0 Å². The second kappa shape index (κ2) is 5.13. The van der Waals surface area contributed by atoms with Gasteiger partial charge in [-0.05, 0) is 35.2 Å². The third kappa shape index (κ3) is 2.83. The van der Waals surface area contributed by atoms with E-state index < -0.39 is 0 Å². The molecule has 1 aliphatic carbocycles. The lowest BCUT2D eigenvalue weighted by Crippen LogP contribution is -2.28. The highest BCUT2D eigenvalue weighted by Crippen LogP contribution is 2.30. The quantitative estimate of drug-likeness (QED) is 0.867. The van der Waals surface area contributed by atoms with Gasteiger partial charge in [0, 0.05) is 37.7 Å². The first-order valence-electron chi connectivity index (χ1n) is 6.78. The predicted octanol–water partition coefficient (Wildman–Crippen LogP) is 2.45. The Balaban J connectivity index is 1.63. The molecule has 2 heterocycles. The van der Waals surface area contributed by atoms with E-state index in [1.54, 1.807) is 0 Å². The molecule has 1 saturated carbocycles. The zero-order chi connectivity index (χ0) is 12.5. The highest BCUT2D eigenvalue weighted by molar-refractivity contribution is 9.10. The van der Waals surface area contributed by atoms with Crippen LogP contribution in [-0.4, -0.2) is 40.0 Å². The van der Waals surface area contributed by atoms with Gasteiger partial charge in [0.15, 0.2) is 0 Å². The SMILES string of the molecule is CCc1nc(Br)cc(NC2CCN(C3CC3)C2)n1. The van der Waals surface area contributed by atoms with Crippen LogP contribution >= 0.6 is 15.9 Å². The van der Waals surface area contributed by atoms with Gasteiger partial charge in [0.25, 0.3) is 0 Å². The van der Waals surface area contributed by atoms with Crippen molar-refractivity contribution in [2.75, 3.05) is 18.4 Å². The van der Waals surface area contributed by atoms with Crippen LogP contribution in [0.1, 0.15) is 32.0 Å². The lowest BCUT2D eigenvalue weighted by atomic mass is 10.2. The maximum absolute atomic E-state index is 4.53. The van der Waals surface area contributed by atoms with Gasteiger partial charge in [0.1, 0.15) is 16.2 Å². The Hall–Kier alpha value is -0.680. The van der Waals surface area contributed by atoms with Crippen LogP contribution in [-0.2, 0) is 6.42 Å². The second-order valence-electron chi connectivity index (χ2n) is 5.20. The van der Waals surface area contributed by atoms with Crippen molar-refractivity contribution in [3.8, 4) is 0 Å². The summed E-state index contributed by atoms with van der Waals surface area (Å²) in [7, 11) is 0. The molecule has 98 valence electrons. The van der Waals surface area contributed by atoms with Crippen molar-refractivity contribution >= 4 is 21.7 Å². The Labute approximate surface area is 116 Å². The average molecular weight is 311 g/mol. The molecule has 5 heteroatoms. The summed E-state index contributed by atoms with van der Waals surface area (Å²) in [5.74, 6) is 1.85. The monoisotopic (exact) mass is 310 g/mol. The van der Waals surface area contributed by atoms with E-state index in [1.165, 1.54) is 25.8 Å².